The van der Waals surface area contributed by atoms with Gasteiger partial charge in [0.1, 0.15) is 6.54 Å². The van der Waals surface area contributed by atoms with E-state index in [9.17, 15) is 14.4 Å². The van der Waals surface area contributed by atoms with Crippen molar-refractivity contribution in [1.82, 2.24) is 10.2 Å². The topological polar surface area (TPSA) is 86.7 Å². The summed E-state index contributed by atoms with van der Waals surface area (Å²) >= 11 is 0. The van der Waals surface area contributed by atoms with E-state index in [-0.39, 0.29) is 24.8 Å². The summed E-state index contributed by atoms with van der Waals surface area (Å²) in [6.45, 7) is 7.40. The fourth-order valence-electron chi connectivity index (χ4n) is 2.99. The van der Waals surface area contributed by atoms with Crippen molar-refractivity contribution in [2.75, 3.05) is 6.54 Å². The molecule has 2 N–H and O–H groups in total. The molecule has 0 atom stereocenters. The van der Waals surface area contributed by atoms with E-state index in [0.29, 0.717) is 24.1 Å². The molecule has 24 heavy (non-hydrogen) atoms. The summed E-state index contributed by atoms with van der Waals surface area (Å²) in [6.07, 6.45) is 0.841. The molecular formula is C18H22N2O4. The molecule has 1 aromatic carbocycles. The minimum absolute atomic E-state index is 0.152. The van der Waals surface area contributed by atoms with Gasteiger partial charge in [0.05, 0.1) is 12.0 Å². The third kappa shape index (κ3) is 3.32. The summed E-state index contributed by atoms with van der Waals surface area (Å²) in [5, 5.41) is 11.9. The highest BCUT2D eigenvalue weighted by Crippen LogP contribution is 2.31. The average molecular weight is 330 g/mol. The number of nitrogens with zero attached hydrogens (tertiary/aromatic N) is 1. The minimum atomic E-state index is -0.965. The highest BCUT2D eigenvalue weighted by molar-refractivity contribution is 6.10. The number of carboxylic acid groups (broad SMARTS) is 1. The number of amides is 2. The van der Waals surface area contributed by atoms with Gasteiger partial charge in [-0.1, -0.05) is 38.6 Å². The lowest BCUT2D eigenvalue weighted by Gasteiger charge is -2.32. The Hall–Kier alpha value is -2.63. The van der Waals surface area contributed by atoms with Gasteiger partial charge in [0, 0.05) is 16.8 Å². The number of nitrogens with one attached hydrogen (secondary N) is 1. The first-order valence-electron chi connectivity index (χ1n) is 7.96. The molecule has 0 aliphatic carbocycles. The molecule has 0 bridgehead atoms. The largest absolute Gasteiger partial charge is 0.481 e. The highest BCUT2D eigenvalue weighted by atomic mass is 16.4. The molecule has 0 unspecified atom stereocenters. The Bertz CT molecular complexity index is 657. The molecule has 1 aromatic rings. The summed E-state index contributed by atoms with van der Waals surface area (Å²) in [6, 6.07) is 7.07. The van der Waals surface area contributed by atoms with E-state index in [1.54, 1.807) is 18.2 Å². The molecule has 6 nitrogen and oxygen atoms in total. The zero-order chi connectivity index (χ0) is 17.9. The fourth-order valence-corrected chi connectivity index (χ4v) is 2.99. The summed E-state index contributed by atoms with van der Waals surface area (Å²) in [5.41, 5.74) is 0.929. The molecule has 1 heterocycles. The predicted molar refractivity (Wildman–Crippen MR) is 90.2 cm³/mol. The maximum absolute atomic E-state index is 12.4. The van der Waals surface area contributed by atoms with Crippen molar-refractivity contribution in [2.24, 2.45) is 0 Å². The Morgan fingerprint density at radius 3 is 2.29 bits per heavy atom. The van der Waals surface area contributed by atoms with Crippen LogP contribution in [-0.2, 0) is 9.59 Å². The van der Waals surface area contributed by atoms with Crippen LogP contribution in [-0.4, -0.2) is 39.9 Å². The van der Waals surface area contributed by atoms with Crippen LogP contribution in [0.1, 0.15) is 49.0 Å². The molecule has 6 heteroatoms. The lowest BCUT2D eigenvalue weighted by molar-refractivity contribution is -0.139. The van der Waals surface area contributed by atoms with E-state index in [0.717, 1.165) is 5.56 Å². The first kappa shape index (κ1) is 17.7. The summed E-state index contributed by atoms with van der Waals surface area (Å²) < 4.78 is 0. The third-order valence-corrected chi connectivity index (χ3v) is 4.59. The SMILES string of the molecule is C=C1c2ccccc2C(=O)N1CC(=O)NC(CC)(CC)CC(=O)O. The second kappa shape index (κ2) is 6.86. The fraction of sp³-hybridized carbons (Fsp3) is 0.389. The van der Waals surface area contributed by atoms with Gasteiger partial charge in [0.15, 0.2) is 0 Å². The van der Waals surface area contributed by atoms with Crippen molar-refractivity contribution < 1.29 is 19.5 Å². The molecule has 0 radical (unpaired) electrons. The van der Waals surface area contributed by atoms with Crippen molar-refractivity contribution in [3.63, 3.8) is 0 Å². The third-order valence-electron chi connectivity index (χ3n) is 4.59. The number of hydrogen-bond acceptors (Lipinski definition) is 3. The number of rotatable bonds is 7. The molecule has 2 amide bonds. The molecule has 1 aliphatic rings. The van der Waals surface area contributed by atoms with Gasteiger partial charge < -0.3 is 10.4 Å². The molecular weight excluding hydrogens is 308 g/mol. The van der Waals surface area contributed by atoms with Crippen LogP contribution in [0.2, 0.25) is 0 Å². The van der Waals surface area contributed by atoms with Crippen LogP contribution in [0.5, 0.6) is 0 Å². The number of carbonyl (C=O) groups is 3. The summed E-state index contributed by atoms with van der Waals surface area (Å²) in [4.78, 5) is 37.2. The van der Waals surface area contributed by atoms with Crippen LogP contribution in [0.4, 0.5) is 0 Å². The molecule has 0 saturated heterocycles. The smallest absolute Gasteiger partial charge is 0.305 e. The van der Waals surface area contributed by atoms with Crippen LogP contribution >= 0.6 is 0 Å². The zero-order valence-electron chi connectivity index (χ0n) is 14.0. The Morgan fingerprint density at radius 1 is 1.21 bits per heavy atom. The van der Waals surface area contributed by atoms with E-state index in [4.69, 9.17) is 5.11 Å². The van der Waals surface area contributed by atoms with Crippen LogP contribution in [0.25, 0.3) is 5.70 Å². The first-order chi connectivity index (χ1) is 11.3. The van der Waals surface area contributed by atoms with E-state index < -0.39 is 11.5 Å². The molecule has 0 aromatic heterocycles. The Balaban J connectivity index is 2.12. The standard InChI is InChI=1S/C18H22N2O4/c1-4-18(5-2,10-16(22)23)19-15(21)11-20-12(3)13-8-6-7-9-14(13)17(20)24/h6-9H,3-5,10-11H2,1-2H3,(H,19,21)(H,22,23). The number of carboxylic acids is 1. The van der Waals surface area contributed by atoms with Crippen LogP contribution in [0.15, 0.2) is 30.8 Å². The van der Waals surface area contributed by atoms with Gasteiger partial charge in [-0.15, -0.1) is 0 Å². The second-order valence-electron chi connectivity index (χ2n) is 5.99. The van der Waals surface area contributed by atoms with Gasteiger partial charge in [-0.2, -0.15) is 0 Å². The second-order valence-corrected chi connectivity index (χ2v) is 5.99. The predicted octanol–water partition coefficient (Wildman–Crippen LogP) is 2.26. The summed E-state index contributed by atoms with van der Waals surface area (Å²) in [7, 11) is 0. The quantitative estimate of drug-likeness (QED) is 0.803. The van der Waals surface area contributed by atoms with E-state index in [2.05, 4.69) is 11.9 Å². The normalized spacial score (nSPS) is 13.8. The van der Waals surface area contributed by atoms with E-state index in [1.165, 1.54) is 4.90 Å². The lowest BCUT2D eigenvalue weighted by Crippen LogP contribution is -2.51. The number of fused-ring (bicyclic) bond motifs is 1. The van der Waals surface area contributed by atoms with Crippen molar-refractivity contribution in [3.05, 3.63) is 42.0 Å². The first-order valence-corrected chi connectivity index (χ1v) is 7.96. The van der Waals surface area contributed by atoms with E-state index >= 15 is 0 Å². The Morgan fingerprint density at radius 2 is 1.79 bits per heavy atom. The molecule has 128 valence electrons. The Kier molecular flexibility index (Phi) is 5.07. The Labute approximate surface area is 141 Å². The van der Waals surface area contributed by atoms with Gasteiger partial charge in [-0.05, 0) is 18.9 Å². The minimum Gasteiger partial charge on any atom is -0.481 e. The monoisotopic (exact) mass is 330 g/mol. The summed E-state index contributed by atoms with van der Waals surface area (Å²) in [5.74, 6) is -1.61. The zero-order valence-corrected chi connectivity index (χ0v) is 14.0. The molecule has 2 rings (SSSR count). The van der Waals surface area contributed by atoms with Crippen molar-refractivity contribution in [2.45, 2.75) is 38.6 Å². The van der Waals surface area contributed by atoms with Gasteiger partial charge in [-0.3, -0.25) is 19.3 Å². The highest BCUT2D eigenvalue weighted by Gasteiger charge is 2.35. The number of carbonyl (C=O) groups excluding carboxylic acids is 2. The number of hydrogen-bond donors (Lipinski definition) is 2. The van der Waals surface area contributed by atoms with Gasteiger partial charge in [0.25, 0.3) is 5.91 Å². The molecule has 0 spiro atoms. The molecule has 0 saturated carbocycles. The van der Waals surface area contributed by atoms with E-state index in [1.807, 2.05) is 19.9 Å². The van der Waals surface area contributed by atoms with Crippen molar-refractivity contribution >= 4 is 23.5 Å². The molecule has 0 fully saturated rings. The molecule has 1 aliphatic heterocycles. The maximum atomic E-state index is 12.4. The van der Waals surface area contributed by atoms with Gasteiger partial charge in [-0.25, -0.2) is 0 Å². The van der Waals surface area contributed by atoms with Crippen LogP contribution < -0.4 is 5.32 Å². The van der Waals surface area contributed by atoms with Crippen LogP contribution in [0, 0.1) is 0 Å². The maximum Gasteiger partial charge on any atom is 0.305 e. The van der Waals surface area contributed by atoms with Crippen LogP contribution in [0.3, 0.4) is 0 Å². The lowest BCUT2D eigenvalue weighted by atomic mass is 9.89. The van der Waals surface area contributed by atoms with Gasteiger partial charge in [0.2, 0.25) is 5.91 Å². The van der Waals surface area contributed by atoms with Crippen molar-refractivity contribution in [3.8, 4) is 0 Å². The number of aliphatic carboxylic acids is 1. The van der Waals surface area contributed by atoms with Gasteiger partial charge >= 0.3 is 5.97 Å². The average Bonchev–Trinajstić information content (AvgIpc) is 2.79. The number of benzene rings is 1. The van der Waals surface area contributed by atoms with Crippen molar-refractivity contribution in [1.29, 1.82) is 0 Å².